The lowest BCUT2D eigenvalue weighted by Gasteiger charge is -2.34. The first-order valence-corrected chi connectivity index (χ1v) is 7.63. The number of carbonyl (C=O) groups is 2. The number of amides is 2. The molecule has 4 N–H and O–H groups in total. The van der Waals surface area contributed by atoms with Crippen molar-refractivity contribution in [1.29, 1.82) is 0 Å². The molecule has 1 aliphatic heterocycles. The van der Waals surface area contributed by atoms with E-state index in [9.17, 15) is 22.8 Å². The van der Waals surface area contributed by atoms with Crippen molar-refractivity contribution in [3.63, 3.8) is 0 Å². The maximum absolute atomic E-state index is 12.6. The summed E-state index contributed by atoms with van der Waals surface area (Å²) >= 11 is 0. The van der Waals surface area contributed by atoms with Crippen LogP contribution in [0.15, 0.2) is 41.7 Å². The Morgan fingerprint density at radius 2 is 1.92 bits per heavy atom. The Balaban J connectivity index is 2.09. The van der Waals surface area contributed by atoms with Crippen molar-refractivity contribution in [2.45, 2.75) is 25.1 Å². The van der Waals surface area contributed by atoms with Crippen LogP contribution < -0.4 is 16.4 Å². The molecule has 0 saturated carbocycles. The molecule has 0 aliphatic carbocycles. The molecule has 0 aromatic heterocycles. The summed E-state index contributed by atoms with van der Waals surface area (Å²) in [6.07, 6.45) is -4.55. The lowest BCUT2D eigenvalue weighted by Crippen LogP contribution is -2.48. The second-order valence-corrected chi connectivity index (χ2v) is 5.70. The first-order chi connectivity index (χ1) is 11.7. The van der Waals surface area contributed by atoms with Gasteiger partial charge in [0.2, 0.25) is 0 Å². The van der Waals surface area contributed by atoms with Crippen LogP contribution in [-0.2, 0) is 9.59 Å². The van der Waals surface area contributed by atoms with Gasteiger partial charge in [-0.2, -0.15) is 13.2 Å². The molecule has 1 aliphatic rings. The fourth-order valence-electron chi connectivity index (χ4n) is 2.56. The average Bonchev–Trinajstić information content (AvgIpc) is 2.60. The number of benzene rings is 1. The molecule has 1 aromatic rings. The Kier molecular flexibility index (Phi) is 5.55. The normalized spacial score (nSPS) is 19.6. The van der Waals surface area contributed by atoms with Gasteiger partial charge in [-0.25, -0.2) is 0 Å². The van der Waals surface area contributed by atoms with Crippen LogP contribution in [0.4, 0.5) is 18.9 Å². The maximum Gasteiger partial charge on any atom is 0.471 e. The number of piperidine rings is 1. The van der Waals surface area contributed by atoms with E-state index in [0.717, 1.165) is 7.05 Å². The van der Waals surface area contributed by atoms with Crippen LogP contribution in [0, 0.1) is 0 Å². The fraction of sp³-hybridized carbons (Fsp3) is 0.375. The number of nitrogens with one attached hydrogen (secondary N) is 2. The van der Waals surface area contributed by atoms with Crippen molar-refractivity contribution in [2.75, 3.05) is 18.9 Å². The molecule has 1 heterocycles. The summed E-state index contributed by atoms with van der Waals surface area (Å²) in [5.74, 6) is -2.47. The number of carbonyl (C=O) groups excluding carboxylic acids is 2. The van der Waals surface area contributed by atoms with E-state index in [1.54, 1.807) is 30.3 Å². The van der Waals surface area contributed by atoms with E-state index >= 15 is 0 Å². The highest BCUT2D eigenvalue weighted by Gasteiger charge is 2.43. The van der Waals surface area contributed by atoms with Gasteiger partial charge in [0.05, 0.1) is 0 Å². The number of halogens is 3. The molecule has 1 aromatic carbocycles. The number of nitrogens with two attached hydrogens (primary N) is 1. The number of anilines is 1. The highest BCUT2D eigenvalue weighted by molar-refractivity contribution is 6.03. The van der Waals surface area contributed by atoms with E-state index < -0.39 is 24.0 Å². The molecule has 0 bridgehead atoms. The monoisotopic (exact) mass is 356 g/mol. The van der Waals surface area contributed by atoms with E-state index in [4.69, 9.17) is 5.73 Å². The quantitative estimate of drug-likeness (QED) is 0.718. The first kappa shape index (κ1) is 18.6. The number of nitrogens with zero attached hydrogens (tertiary/aromatic N) is 1. The molecule has 0 spiro atoms. The number of para-hydroxylation sites is 1. The van der Waals surface area contributed by atoms with Gasteiger partial charge < -0.3 is 21.3 Å². The van der Waals surface area contributed by atoms with E-state index in [1.807, 2.05) is 0 Å². The molecule has 136 valence electrons. The van der Waals surface area contributed by atoms with Crippen LogP contribution in [0.5, 0.6) is 0 Å². The summed E-state index contributed by atoms with van der Waals surface area (Å²) in [6, 6.07) is 7.95. The predicted molar refractivity (Wildman–Crippen MR) is 86.1 cm³/mol. The molecule has 1 unspecified atom stereocenters. The Morgan fingerprint density at radius 1 is 1.28 bits per heavy atom. The minimum atomic E-state index is -4.93. The number of hydrogen-bond acceptors (Lipinski definition) is 4. The van der Waals surface area contributed by atoms with Gasteiger partial charge in [0.15, 0.2) is 0 Å². The first-order valence-electron chi connectivity index (χ1n) is 7.63. The lowest BCUT2D eigenvalue weighted by molar-refractivity contribution is -0.186. The predicted octanol–water partition coefficient (Wildman–Crippen LogP) is 1.57. The summed E-state index contributed by atoms with van der Waals surface area (Å²) in [7, 11) is 1.10. The summed E-state index contributed by atoms with van der Waals surface area (Å²) < 4.78 is 37.7. The fourth-order valence-corrected chi connectivity index (χ4v) is 2.56. The zero-order valence-electron chi connectivity index (χ0n) is 13.6. The second kappa shape index (κ2) is 7.45. The summed E-state index contributed by atoms with van der Waals surface area (Å²) in [5, 5.41) is 5.53. The van der Waals surface area contributed by atoms with Crippen molar-refractivity contribution in [3.05, 3.63) is 41.7 Å². The van der Waals surface area contributed by atoms with Crippen molar-refractivity contribution in [3.8, 4) is 0 Å². The van der Waals surface area contributed by atoms with Crippen molar-refractivity contribution in [1.82, 2.24) is 10.2 Å². The molecular weight excluding hydrogens is 337 g/mol. The average molecular weight is 356 g/mol. The summed E-state index contributed by atoms with van der Waals surface area (Å²) in [5.41, 5.74) is 6.61. The van der Waals surface area contributed by atoms with Crippen LogP contribution >= 0.6 is 0 Å². The van der Waals surface area contributed by atoms with E-state index in [1.165, 1.54) is 0 Å². The van der Waals surface area contributed by atoms with Crippen LogP contribution in [0.1, 0.15) is 12.8 Å². The second-order valence-electron chi connectivity index (χ2n) is 5.70. The van der Waals surface area contributed by atoms with Gasteiger partial charge in [0, 0.05) is 37.4 Å². The van der Waals surface area contributed by atoms with Gasteiger partial charge in [0.25, 0.3) is 5.91 Å². The zero-order chi connectivity index (χ0) is 18.6. The minimum absolute atomic E-state index is 0.0480. The number of alkyl halides is 3. The van der Waals surface area contributed by atoms with Gasteiger partial charge >= 0.3 is 12.1 Å². The largest absolute Gasteiger partial charge is 0.471 e. The topological polar surface area (TPSA) is 87.5 Å². The molecule has 1 saturated heterocycles. The van der Waals surface area contributed by atoms with Gasteiger partial charge in [-0.05, 0) is 18.6 Å². The third-order valence-corrected chi connectivity index (χ3v) is 3.97. The van der Waals surface area contributed by atoms with E-state index in [0.29, 0.717) is 29.2 Å². The van der Waals surface area contributed by atoms with Gasteiger partial charge in [-0.1, -0.05) is 18.2 Å². The Hall–Kier alpha value is -2.71. The maximum atomic E-state index is 12.6. The third kappa shape index (κ3) is 4.65. The highest BCUT2D eigenvalue weighted by atomic mass is 19.4. The molecule has 25 heavy (non-hydrogen) atoms. The van der Waals surface area contributed by atoms with Crippen molar-refractivity contribution < 1.29 is 22.8 Å². The molecule has 2 rings (SSSR count). The minimum Gasteiger partial charge on any atom is -0.393 e. The van der Waals surface area contributed by atoms with Gasteiger partial charge in [-0.15, -0.1) is 0 Å². The van der Waals surface area contributed by atoms with Crippen LogP contribution in [0.25, 0.3) is 0 Å². The molecule has 1 atom stereocenters. The van der Waals surface area contributed by atoms with Crippen LogP contribution in [-0.4, -0.2) is 42.5 Å². The molecular formula is C16H19F3N4O2. The Morgan fingerprint density at radius 3 is 2.52 bits per heavy atom. The van der Waals surface area contributed by atoms with Crippen molar-refractivity contribution >= 4 is 17.5 Å². The van der Waals surface area contributed by atoms with E-state index in [-0.39, 0.29) is 12.1 Å². The molecule has 6 nitrogen and oxygen atoms in total. The number of rotatable bonds is 3. The lowest BCUT2D eigenvalue weighted by atomic mass is 10.0. The standard InChI is InChI=1S/C16H19F3N4O2/c1-23(15(25)16(17,18)19)11-7-8-21-12(9-11)13(20)14(24)22-10-5-3-2-4-6-10/h2-6,11,21H,7-9,20H2,1H3,(H,22,24)/b13-12+. The van der Waals surface area contributed by atoms with Gasteiger partial charge in [-0.3, -0.25) is 9.59 Å². The smallest absolute Gasteiger partial charge is 0.393 e. The zero-order valence-corrected chi connectivity index (χ0v) is 13.6. The van der Waals surface area contributed by atoms with Crippen molar-refractivity contribution in [2.24, 2.45) is 5.73 Å². The third-order valence-electron chi connectivity index (χ3n) is 3.97. The molecule has 0 radical (unpaired) electrons. The molecule has 1 fully saturated rings. The SMILES string of the molecule is CN(C(=O)C(F)(F)F)C1CCN/C(=C(/N)C(=O)Nc2ccccc2)C1. The summed E-state index contributed by atoms with van der Waals surface area (Å²) in [4.78, 5) is 24.2. The molecule has 9 heteroatoms. The Labute approximate surface area is 142 Å². The van der Waals surface area contributed by atoms with Crippen LogP contribution in [0.2, 0.25) is 0 Å². The van der Waals surface area contributed by atoms with E-state index in [2.05, 4.69) is 10.6 Å². The highest BCUT2D eigenvalue weighted by Crippen LogP contribution is 2.24. The summed E-state index contributed by atoms with van der Waals surface area (Å²) in [6.45, 7) is 0.314. The molecule has 2 amide bonds. The van der Waals surface area contributed by atoms with Crippen LogP contribution in [0.3, 0.4) is 0 Å². The van der Waals surface area contributed by atoms with Gasteiger partial charge in [0.1, 0.15) is 5.70 Å². The number of hydrogen-bond donors (Lipinski definition) is 3. The Bertz CT molecular complexity index is 674.